The summed E-state index contributed by atoms with van der Waals surface area (Å²) >= 11 is 0. The summed E-state index contributed by atoms with van der Waals surface area (Å²) in [5.41, 5.74) is 0. The molecule has 0 aromatic carbocycles. The molecule has 1 rings (SSSR count). The van der Waals surface area contributed by atoms with Gasteiger partial charge in [0.05, 0.1) is 0 Å². The van der Waals surface area contributed by atoms with E-state index in [1.54, 1.807) is 0 Å². The molecule has 0 saturated carbocycles. The fraction of sp³-hybridized carbons (Fsp3) is 0.333. The van der Waals surface area contributed by atoms with Gasteiger partial charge in [0.2, 0.25) is 0 Å². The van der Waals surface area contributed by atoms with Crippen LogP contribution < -0.4 is 0 Å². The van der Waals surface area contributed by atoms with Crippen molar-refractivity contribution in [3.05, 3.63) is 24.5 Å². The number of H-pyrrole nitrogens is 1. The molecule has 1 nitrogen and oxygen atoms in total. The maximum absolute atomic E-state index is 2.86. The Kier molecular flexibility index (Phi) is 14.6. The molecule has 1 aromatic rings. The van der Waals surface area contributed by atoms with Crippen molar-refractivity contribution in [1.29, 1.82) is 0 Å². The van der Waals surface area contributed by atoms with Gasteiger partial charge in [-0.25, -0.2) is 0 Å². The van der Waals surface area contributed by atoms with Crippen LogP contribution in [0.15, 0.2) is 24.5 Å². The van der Waals surface area contributed by atoms with Gasteiger partial charge in [-0.3, -0.25) is 0 Å². The van der Waals surface area contributed by atoms with Crippen LogP contribution in [0.2, 0.25) is 0 Å². The fourth-order valence-electron chi connectivity index (χ4n) is 0.278. The number of nitrogens with one attached hydrogen (secondary N) is 1. The second-order valence-corrected chi connectivity index (χ2v) is 2.11. The molecule has 0 aliphatic heterocycles. The highest BCUT2D eigenvalue weighted by atomic mass is 79.9. The Bertz CT molecular complexity index is 80.0. The van der Waals surface area contributed by atoms with E-state index in [-0.39, 0.29) is 17.0 Å². The molecule has 1 heterocycles. The van der Waals surface area contributed by atoms with Gasteiger partial charge in [-0.2, -0.15) is 0 Å². The number of halogens is 1. The molecule has 54 valence electrons. The Labute approximate surface area is 69.2 Å². The SMILES string of the molecule is Br.CCP.c1cc[nH]c1. The van der Waals surface area contributed by atoms with Gasteiger partial charge in [0.15, 0.2) is 0 Å². The predicted octanol–water partition coefficient (Wildman–Crippen LogP) is 2.47. The van der Waals surface area contributed by atoms with Crippen molar-refractivity contribution < 1.29 is 0 Å². The largest absolute Gasteiger partial charge is 0.368 e. The molecule has 0 bridgehead atoms. The molecule has 1 unspecified atom stereocenters. The van der Waals surface area contributed by atoms with Gasteiger partial charge in [0.25, 0.3) is 0 Å². The monoisotopic (exact) mass is 209 g/mol. The lowest BCUT2D eigenvalue weighted by Crippen LogP contribution is -1.38. The van der Waals surface area contributed by atoms with E-state index in [9.17, 15) is 0 Å². The van der Waals surface area contributed by atoms with Gasteiger partial charge < -0.3 is 4.98 Å². The average Bonchev–Trinajstić information content (AvgIpc) is 2.17. The van der Waals surface area contributed by atoms with Crippen LogP contribution >= 0.6 is 26.2 Å². The summed E-state index contributed by atoms with van der Waals surface area (Å²) in [6, 6.07) is 3.89. The highest BCUT2D eigenvalue weighted by Gasteiger charge is 1.55. The molecule has 0 amide bonds. The molecule has 9 heavy (non-hydrogen) atoms. The zero-order valence-electron chi connectivity index (χ0n) is 5.50. The van der Waals surface area contributed by atoms with Gasteiger partial charge in [0.1, 0.15) is 0 Å². The van der Waals surface area contributed by atoms with Crippen LogP contribution in [0.25, 0.3) is 0 Å². The van der Waals surface area contributed by atoms with Crippen LogP contribution in [-0.2, 0) is 0 Å². The zero-order valence-corrected chi connectivity index (χ0v) is 8.37. The summed E-state index contributed by atoms with van der Waals surface area (Å²) in [6.45, 7) is 2.09. The normalized spacial score (nSPS) is 6.44. The van der Waals surface area contributed by atoms with Gasteiger partial charge in [-0.05, 0) is 18.3 Å². The molecule has 0 aliphatic rings. The topological polar surface area (TPSA) is 15.8 Å². The molecular formula is C6H13BrNP. The first-order valence-electron chi connectivity index (χ1n) is 2.69. The summed E-state index contributed by atoms with van der Waals surface area (Å²) in [7, 11) is 2.58. The Morgan fingerprint density at radius 3 is 1.78 bits per heavy atom. The lowest BCUT2D eigenvalue weighted by atomic mass is 10.7. The van der Waals surface area contributed by atoms with E-state index in [1.165, 1.54) is 6.16 Å². The maximum Gasteiger partial charge on any atom is 0.000496 e. The van der Waals surface area contributed by atoms with Crippen LogP contribution in [0, 0.1) is 0 Å². The molecule has 0 aliphatic carbocycles. The van der Waals surface area contributed by atoms with Crippen molar-refractivity contribution in [2.45, 2.75) is 6.92 Å². The Morgan fingerprint density at radius 2 is 1.67 bits per heavy atom. The Hall–Kier alpha value is 0.190. The van der Waals surface area contributed by atoms with E-state index in [2.05, 4.69) is 21.1 Å². The second kappa shape index (κ2) is 11.0. The van der Waals surface area contributed by atoms with Gasteiger partial charge in [0, 0.05) is 12.4 Å². The molecule has 1 aromatic heterocycles. The van der Waals surface area contributed by atoms with Crippen molar-refractivity contribution in [2.75, 3.05) is 6.16 Å². The average molecular weight is 210 g/mol. The Balaban J connectivity index is 0. The van der Waals surface area contributed by atoms with E-state index >= 15 is 0 Å². The minimum absolute atomic E-state index is 0. The lowest BCUT2D eigenvalue weighted by Gasteiger charge is -1.49. The van der Waals surface area contributed by atoms with E-state index in [0.29, 0.717) is 0 Å². The van der Waals surface area contributed by atoms with Crippen molar-refractivity contribution in [1.82, 2.24) is 4.98 Å². The molecule has 0 spiro atoms. The van der Waals surface area contributed by atoms with Crippen molar-refractivity contribution in [3.8, 4) is 0 Å². The van der Waals surface area contributed by atoms with Crippen LogP contribution in [0.5, 0.6) is 0 Å². The third-order valence-electron chi connectivity index (χ3n) is 0.496. The first kappa shape index (κ1) is 11.9. The van der Waals surface area contributed by atoms with Crippen LogP contribution in [-0.4, -0.2) is 11.1 Å². The van der Waals surface area contributed by atoms with Crippen LogP contribution in [0.3, 0.4) is 0 Å². The molecule has 3 heteroatoms. The molecule has 0 saturated heterocycles. The molecule has 1 N–H and O–H groups in total. The summed E-state index contributed by atoms with van der Waals surface area (Å²) in [4.78, 5) is 2.86. The minimum atomic E-state index is 0. The standard InChI is InChI=1S/C4H5N.C2H7P.BrH/c1-2-4-5-3-1;1-2-3;/h1-5H;2-3H2,1H3;1H. The van der Waals surface area contributed by atoms with Crippen molar-refractivity contribution >= 4 is 26.2 Å². The van der Waals surface area contributed by atoms with Gasteiger partial charge in [-0.15, -0.1) is 26.2 Å². The number of rotatable bonds is 0. The summed E-state index contributed by atoms with van der Waals surface area (Å²) in [5, 5.41) is 0. The number of aromatic nitrogens is 1. The minimum Gasteiger partial charge on any atom is -0.368 e. The van der Waals surface area contributed by atoms with Gasteiger partial charge in [-0.1, -0.05) is 6.92 Å². The molecule has 1 atom stereocenters. The van der Waals surface area contributed by atoms with E-state index in [0.717, 1.165) is 0 Å². The van der Waals surface area contributed by atoms with E-state index < -0.39 is 0 Å². The number of hydrogen-bond donors (Lipinski definition) is 1. The highest BCUT2D eigenvalue weighted by molar-refractivity contribution is 8.93. The maximum atomic E-state index is 2.86. The Morgan fingerprint density at radius 1 is 1.33 bits per heavy atom. The number of hydrogen-bond acceptors (Lipinski definition) is 0. The van der Waals surface area contributed by atoms with E-state index in [4.69, 9.17) is 0 Å². The van der Waals surface area contributed by atoms with Crippen molar-refractivity contribution in [3.63, 3.8) is 0 Å². The summed E-state index contributed by atoms with van der Waals surface area (Å²) < 4.78 is 0. The third kappa shape index (κ3) is 11.7. The second-order valence-electron chi connectivity index (χ2n) is 1.29. The highest BCUT2D eigenvalue weighted by Crippen LogP contribution is 1.72. The number of aromatic amines is 1. The quantitative estimate of drug-likeness (QED) is 0.633. The molecule has 0 fully saturated rings. The smallest absolute Gasteiger partial charge is 0.000496 e. The van der Waals surface area contributed by atoms with Crippen molar-refractivity contribution in [2.24, 2.45) is 0 Å². The molecular weight excluding hydrogens is 197 g/mol. The predicted molar refractivity (Wildman–Crippen MR) is 51.4 cm³/mol. The van der Waals surface area contributed by atoms with Gasteiger partial charge >= 0.3 is 0 Å². The third-order valence-corrected chi connectivity index (χ3v) is 0.496. The van der Waals surface area contributed by atoms with E-state index in [1.807, 2.05) is 24.5 Å². The molecule has 0 radical (unpaired) electrons. The summed E-state index contributed by atoms with van der Waals surface area (Å²) in [5.74, 6) is 0. The van der Waals surface area contributed by atoms with Crippen LogP contribution in [0.4, 0.5) is 0 Å². The lowest BCUT2D eigenvalue weighted by molar-refractivity contribution is 1.42. The first-order valence-corrected chi connectivity index (χ1v) is 3.51. The zero-order chi connectivity index (χ0) is 6.24. The van der Waals surface area contributed by atoms with Crippen LogP contribution in [0.1, 0.15) is 6.92 Å². The summed E-state index contributed by atoms with van der Waals surface area (Å²) in [6.07, 6.45) is 4.92. The first-order chi connectivity index (χ1) is 3.91. The fourth-order valence-corrected chi connectivity index (χ4v) is 0.278.